The van der Waals surface area contributed by atoms with Gasteiger partial charge in [-0.05, 0) is 49.1 Å². The molecule has 0 saturated carbocycles. The van der Waals surface area contributed by atoms with Crippen LogP contribution in [0.25, 0.3) is 0 Å². The fraction of sp³-hybridized carbons (Fsp3) is 0.368. The Morgan fingerprint density at radius 1 is 1.20 bits per heavy atom. The summed E-state index contributed by atoms with van der Waals surface area (Å²) in [6.45, 7) is 4.24. The van der Waals surface area contributed by atoms with Crippen molar-refractivity contribution in [1.82, 2.24) is 4.72 Å². The molecule has 2 aromatic rings. The Balaban J connectivity index is 1.52. The zero-order valence-electron chi connectivity index (χ0n) is 14.3. The molecule has 4 nitrogen and oxygen atoms in total. The molecule has 2 aromatic carbocycles. The van der Waals surface area contributed by atoms with Crippen molar-refractivity contribution < 1.29 is 8.42 Å². The standard InChI is InChI=1S/C19H23ClN2O2S/c1-15-3-2-4-16(11-15)14-25(23,24)21-12-17-9-10-22(13-17)19-7-5-18(20)6-8-19/h2-8,11,17,21H,9-10,12-14H2,1H3. The maximum atomic E-state index is 12.3. The minimum atomic E-state index is -3.31. The molecule has 1 aliphatic heterocycles. The van der Waals surface area contributed by atoms with Gasteiger partial charge in [0, 0.05) is 30.3 Å². The van der Waals surface area contributed by atoms with E-state index in [1.165, 1.54) is 0 Å². The van der Waals surface area contributed by atoms with E-state index in [1.54, 1.807) is 0 Å². The number of sulfonamides is 1. The number of hydrogen-bond acceptors (Lipinski definition) is 3. The molecule has 0 aromatic heterocycles. The average molecular weight is 379 g/mol. The molecule has 25 heavy (non-hydrogen) atoms. The summed E-state index contributed by atoms with van der Waals surface area (Å²) < 4.78 is 27.4. The minimum Gasteiger partial charge on any atom is -0.371 e. The lowest BCUT2D eigenvalue weighted by molar-refractivity contribution is 0.541. The number of nitrogens with zero attached hydrogens (tertiary/aromatic N) is 1. The van der Waals surface area contributed by atoms with E-state index in [0.717, 1.165) is 41.3 Å². The van der Waals surface area contributed by atoms with Crippen LogP contribution in [0.15, 0.2) is 48.5 Å². The summed E-state index contributed by atoms with van der Waals surface area (Å²) in [6.07, 6.45) is 0.982. The Hall–Kier alpha value is -1.56. The lowest BCUT2D eigenvalue weighted by Gasteiger charge is -2.19. The van der Waals surface area contributed by atoms with E-state index < -0.39 is 10.0 Å². The summed E-state index contributed by atoms with van der Waals surface area (Å²) in [5.74, 6) is 0.352. The van der Waals surface area contributed by atoms with E-state index in [4.69, 9.17) is 11.6 Å². The summed E-state index contributed by atoms with van der Waals surface area (Å²) in [7, 11) is -3.31. The van der Waals surface area contributed by atoms with Gasteiger partial charge in [0.2, 0.25) is 10.0 Å². The van der Waals surface area contributed by atoms with Crippen LogP contribution in [0.5, 0.6) is 0 Å². The predicted molar refractivity (Wildman–Crippen MR) is 104 cm³/mol. The van der Waals surface area contributed by atoms with Gasteiger partial charge < -0.3 is 4.90 Å². The summed E-state index contributed by atoms with van der Waals surface area (Å²) >= 11 is 5.93. The van der Waals surface area contributed by atoms with Gasteiger partial charge in [0.05, 0.1) is 5.75 Å². The minimum absolute atomic E-state index is 0.0301. The van der Waals surface area contributed by atoms with Crippen LogP contribution in [-0.2, 0) is 15.8 Å². The summed E-state index contributed by atoms with van der Waals surface area (Å²) in [4.78, 5) is 2.27. The number of anilines is 1. The Bertz CT molecular complexity index is 822. The highest BCUT2D eigenvalue weighted by atomic mass is 35.5. The van der Waals surface area contributed by atoms with Crippen LogP contribution >= 0.6 is 11.6 Å². The third-order valence-corrected chi connectivity index (χ3v) is 6.08. The monoisotopic (exact) mass is 378 g/mol. The fourth-order valence-electron chi connectivity index (χ4n) is 3.20. The maximum absolute atomic E-state index is 12.3. The molecule has 1 N–H and O–H groups in total. The molecular formula is C19H23ClN2O2S. The summed E-state index contributed by atoms with van der Waals surface area (Å²) in [5, 5.41) is 0.725. The van der Waals surface area contributed by atoms with Crippen LogP contribution in [0.2, 0.25) is 5.02 Å². The van der Waals surface area contributed by atoms with Gasteiger partial charge in [0.15, 0.2) is 0 Å². The lowest BCUT2D eigenvalue weighted by atomic mass is 10.1. The van der Waals surface area contributed by atoms with Crippen LogP contribution in [0.4, 0.5) is 5.69 Å². The van der Waals surface area contributed by atoms with Gasteiger partial charge in [-0.25, -0.2) is 13.1 Å². The second kappa shape index (κ2) is 7.77. The van der Waals surface area contributed by atoms with E-state index >= 15 is 0 Å². The molecule has 0 aliphatic carbocycles. The third-order valence-electron chi connectivity index (χ3n) is 4.51. The smallest absolute Gasteiger partial charge is 0.215 e. The largest absolute Gasteiger partial charge is 0.371 e. The second-order valence-electron chi connectivity index (χ2n) is 6.67. The molecule has 134 valence electrons. The molecule has 3 rings (SSSR count). The molecule has 1 atom stereocenters. The van der Waals surface area contributed by atoms with E-state index in [-0.39, 0.29) is 5.75 Å². The maximum Gasteiger partial charge on any atom is 0.215 e. The van der Waals surface area contributed by atoms with Gasteiger partial charge in [0.25, 0.3) is 0 Å². The van der Waals surface area contributed by atoms with E-state index in [1.807, 2.05) is 55.5 Å². The average Bonchev–Trinajstić information content (AvgIpc) is 3.02. The first-order chi connectivity index (χ1) is 11.9. The van der Waals surface area contributed by atoms with Crippen LogP contribution < -0.4 is 9.62 Å². The number of halogens is 1. The molecule has 0 amide bonds. The zero-order valence-corrected chi connectivity index (χ0v) is 15.9. The van der Waals surface area contributed by atoms with Crippen molar-refractivity contribution in [3.05, 3.63) is 64.7 Å². The summed E-state index contributed by atoms with van der Waals surface area (Å²) in [5.41, 5.74) is 3.03. The van der Waals surface area contributed by atoms with Gasteiger partial charge in [0.1, 0.15) is 0 Å². The molecule has 0 bridgehead atoms. The highest BCUT2D eigenvalue weighted by molar-refractivity contribution is 7.88. The first kappa shape index (κ1) is 18.2. The van der Waals surface area contributed by atoms with E-state index in [9.17, 15) is 8.42 Å². The number of hydrogen-bond donors (Lipinski definition) is 1. The van der Waals surface area contributed by atoms with Crippen molar-refractivity contribution in [2.45, 2.75) is 19.1 Å². The molecule has 1 heterocycles. The first-order valence-electron chi connectivity index (χ1n) is 8.45. The summed E-state index contributed by atoms with van der Waals surface area (Å²) in [6, 6.07) is 15.4. The number of aryl methyl sites for hydroxylation is 1. The predicted octanol–water partition coefficient (Wildman–Crippen LogP) is 3.59. The number of benzene rings is 2. The van der Waals surface area contributed by atoms with Crippen molar-refractivity contribution >= 4 is 27.3 Å². The van der Waals surface area contributed by atoms with Crippen LogP contribution in [0, 0.1) is 12.8 Å². The SMILES string of the molecule is Cc1cccc(CS(=O)(=O)NCC2CCN(c3ccc(Cl)cc3)C2)c1. The van der Waals surface area contributed by atoms with Gasteiger partial charge in [-0.3, -0.25) is 0 Å². The topological polar surface area (TPSA) is 49.4 Å². The highest BCUT2D eigenvalue weighted by Crippen LogP contribution is 2.25. The molecule has 0 radical (unpaired) electrons. The van der Waals surface area contributed by atoms with E-state index in [2.05, 4.69) is 9.62 Å². The fourth-order valence-corrected chi connectivity index (χ4v) is 4.54. The number of rotatable bonds is 6. The number of nitrogens with one attached hydrogen (secondary N) is 1. The molecule has 1 unspecified atom stereocenters. The molecule has 1 fully saturated rings. The van der Waals surface area contributed by atoms with Crippen LogP contribution in [-0.4, -0.2) is 28.1 Å². The molecule has 6 heteroatoms. The third kappa shape index (κ3) is 5.21. The van der Waals surface area contributed by atoms with E-state index in [0.29, 0.717) is 12.5 Å². The van der Waals surface area contributed by atoms with Crippen molar-refractivity contribution in [2.24, 2.45) is 5.92 Å². The quantitative estimate of drug-likeness (QED) is 0.835. The van der Waals surface area contributed by atoms with Crippen molar-refractivity contribution in [3.63, 3.8) is 0 Å². The Labute approximate surface area is 154 Å². The van der Waals surface area contributed by atoms with Gasteiger partial charge in [-0.1, -0.05) is 41.4 Å². The highest BCUT2D eigenvalue weighted by Gasteiger charge is 2.24. The zero-order chi connectivity index (χ0) is 17.9. The van der Waals surface area contributed by atoms with Crippen molar-refractivity contribution in [3.8, 4) is 0 Å². The first-order valence-corrected chi connectivity index (χ1v) is 10.5. The van der Waals surface area contributed by atoms with Crippen molar-refractivity contribution in [2.75, 3.05) is 24.5 Å². The van der Waals surface area contributed by atoms with Gasteiger partial charge in [-0.15, -0.1) is 0 Å². The molecule has 1 aliphatic rings. The van der Waals surface area contributed by atoms with Gasteiger partial charge in [-0.2, -0.15) is 0 Å². The van der Waals surface area contributed by atoms with Crippen LogP contribution in [0.1, 0.15) is 17.5 Å². The lowest BCUT2D eigenvalue weighted by Crippen LogP contribution is -2.31. The molecular weight excluding hydrogens is 356 g/mol. The van der Waals surface area contributed by atoms with Crippen molar-refractivity contribution in [1.29, 1.82) is 0 Å². The molecule has 0 spiro atoms. The normalized spacial score (nSPS) is 17.8. The Morgan fingerprint density at radius 2 is 1.96 bits per heavy atom. The second-order valence-corrected chi connectivity index (χ2v) is 8.92. The molecule has 1 saturated heterocycles. The van der Waals surface area contributed by atoms with Gasteiger partial charge >= 0.3 is 0 Å². The van der Waals surface area contributed by atoms with Crippen LogP contribution in [0.3, 0.4) is 0 Å². The Morgan fingerprint density at radius 3 is 2.68 bits per heavy atom. The Kier molecular flexibility index (Phi) is 5.67.